The van der Waals surface area contributed by atoms with Crippen molar-refractivity contribution in [2.45, 2.75) is 51.0 Å². The van der Waals surface area contributed by atoms with E-state index in [0.717, 1.165) is 16.7 Å². The van der Waals surface area contributed by atoms with Gasteiger partial charge in [0.1, 0.15) is 31.6 Å². The molecule has 0 spiro atoms. The molecule has 1 aliphatic rings. The van der Waals surface area contributed by atoms with Crippen molar-refractivity contribution in [3.05, 3.63) is 114 Å². The first-order chi connectivity index (χ1) is 24.4. The molecule has 0 saturated heterocycles. The summed E-state index contributed by atoms with van der Waals surface area (Å²) in [5, 5.41) is 17.2. The standard InChI is InChI=1S/C38H45N3O9/c42-20-22-47-21-19-39-35(43)24-31-13-7-8-14-34(41-38(46)50-26-30-11-5-2-6-12-30)37(45)49-27-32(40-36(31)44)23-28-15-17-33(18-16-28)48-25-29-9-3-1-4-10-29/h1-12,15-18,31-32,34,42H,13-14,19-27H2,(H,39,43)(H,40,44)(H,41,46)/t31-,32+,34-/m1/s1. The minimum absolute atomic E-state index is 0.0335. The zero-order valence-electron chi connectivity index (χ0n) is 28.0. The quantitative estimate of drug-likeness (QED) is 0.106. The highest BCUT2D eigenvalue weighted by Crippen LogP contribution is 2.18. The molecule has 266 valence electrons. The topological polar surface area (TPSA) is 162 Å². The van der Waals surface area contributed by atoms with E-state index in [-0.39, 0.29) is 70.7 Å². The van der Waals surface area contributed by atoms with Crippen LogP contribution in [0.1, 0.15) is 36.0 Å². The Morgan fingerprint density at radius 1 is 0.840 bits per heavy atom. The lowest BCUT2D eigenvalue weighted by Gasteiger charge is -2.24. The number of ether oxygens (including phenoxy) is 4. The lowest BCUT2D eigenvalue weighted by molar-refractivity contribution is -0.147. The zero-order valence-corrected chi connectivity index (χ0v) is 28.0. The molecule has 0 unspecified atom stereocenters. The number of hydrogen-bond donors (Lipinski definition) is 4. The second-order valence-corrected chi connectivity index (χ2v) is 11.7. The van der Waals surface area contributed by atoms with E-state index < -0.39 is 30.1 Å². The van der Waals surface area contributed by atoms with Gasteiger partial charge in [-0.3, -0.25) is 9.59 Å². The van der Waals surface area contributed by atoms with Crippen LogP contribution in [-0.2, 0) is 48.2 Å². The van der Waals surface area contributed by atoms with E-state index in [9.17, 15) is 19.2 Å². The van der Waals surface area contributed by atoms with Crippen LogP contribution in [0, 0.1) is 5.92 Å². The smallest absolute Gasteiger partial charge is 0.408 e. The molecule has 3 amide bonds. The van der Waals surface area contributed by atoms with E-state index in [2.05, 4.69) is 16.0 Å². The number of aliphatic hydroxyl groups is 1. The van der Waals surface area contributed by atoms with Crippen molar-refractivity contribution in [3.63, 3.8) is 0 Å². The van der Waals surface area contributed by atoms with Crippen LogP contribution in [-0.4, -0.2) is 74.0 Å². The normalized spacial score (nSPS) is 18.1. The monoisotopic (exact) mass is 687 g/mol. The number of carbonyl (C=O) groups excluding carboxylic acids is 4. The predicted molar refractivity (Wildman–Crippen MR) is 185 cm³/mol. The Labute approximate surface area is 292 Å². The first-order valence-corrected chi connectivity index (χ1v) is 16.7. The zero-order chi connectivity index (χ0) is 35.4. The molecule has 3 aromatic rings. The fraction of sp³-hybridized carbons (Fsp3) is 0.368. The van der Waals surface area contributed by atoms with Gasteiger partial charge in [0, 0.05) is 13.0 Å². The van der Waals surface area contributed by atoms with E-state index in [0.29, 0.717) is 18.8 Å². The maximum absolute atomic E-state index is 13.5. The van der Waals surface area contributed by atoms with E-state index >= 15 is 0 Å². The molecular weight excluding hydrogens is 642 g/mol. The average Bonchev–Trinajstić information content (AvgIpc) is 3.13. The highest BCUT2D eigenvalue weighted by molar-refractivity contribution is 5.86. The van der Waals surface area contributed by atoms with E-state index in [1.165, 1.54) is 0 Å². The third kappa shape index (κ3) is 13.7. The van der Waals surface area contributed by atoms with Crippen molar-refractivity contribution < 1.29 is 43.2 Å². The molecule has 0 saturated carbocycles. The minimum Gasteiger partial charge on any atom is -0.489 e. The summed E-state index contributed by atoms with van der Waals surface area (Å²) in [4.78, 5) is 52.1. The molecule has 0 bridgehead atoms. The molecule has 12 nitrogen and oxygen atoms in total. The molecule has 3 atom stereocenters. The van der Waals surface area contributed by atoms with Gasteiger partial charge >= 0.3 is 12.1 Å². The summed E-state index contributed by atoms with van der Waals surface area (Å²) in [5.41, 5.74) is 2.70. The predicted octanol–water partition coefficient (Wildman–Crippen LogP) is 3.61. The lowest BCUT2D eigenvalue weighted by atomic mass is 9.97. The van der Waals surface area contributed by atoms with Crippen LogP contribution in [0.15, 0.2) is 97.1 Å². The Balaban J connectivity index is 1.42. The molecule has 50 heavy (non-hydrogen) atoms. The number of rotatable bonds is 15. The number of nitrogens with one attached hydrogen (secondary N) is 3. The molecule has 0 aromatic heterocycles. The fourth-order valence-electron chi connectivity index (χ4n) is 5.12. The SMILES string of the molecule is O=C(C[C@H]1CC=CC[C@@H](NC(=O)OCc2ccccc2)C(=O)OC[C@H](Cc2ccc(OCc3ccccc3)cc2)NC1=O)NCCOCCO. The van der Waals surface area contributed by atoms with Crippen molar-refractivity contribution in [1.29, 1.82) is 0 Å². The summed E-state index contributed by atoms with van der Waals surface area (Å²) in [7, 11) is 0. The Morgan fingerprint density at radius 2 is 1.52 bits per heavy atom. The van der Waals surface area contributed by atoms with Crippen LogP contribution in [0.2, 0.25) is 0 Å². The van der Waals surface area contributed by atoms with Crippen molar-refractivity contribution in [2.24, 2.45) is 5.92 Å². The van der Waals surface area contributed by atoms with Gasteiger partial charge in [-0.2, -0.15) is 0 Å². The highest BCUT2D eigenvalue weighted by Gasteiger charge is 2.28. The molecular formula is C38H45N3O9. The van der Waals surface area contributed by atoms with Crippen LogP contribution in [0.3, 0.4) is 0 Å². The molecule has 1 heterocycles. The first kappa shape index (κ1) is 37.6. The molecule has 0 fully saturated rings. The summed E-state index contributed by atoms with van der Waals surface area (Å²) in [6.07, 6.45) is 3.18. The minimum atomic E-state index is -1.04. The van der Waals surface area contributed by atoms with Crippen LogP contribution >= 0.6 is 0 Å². The third-order valence-corrected chi connectivity index (χ3v) is 7.78. The van der Waals surface area contributed by atoms with Crippen LogP contribution < -0.4 is 20.7 Å². The van der Waals surface area contributed by atoms with Gasteiger partial charge in [-0.25, -0.2) is 9.59 Å². The number of esters is 1. The summed E-state index contributed by atoms with van der Waals surface area (Å²) >= 11 is 0. The number of benzene rings is 3. The van der Waals surface area contributed by atoms with Gasteiger partial charge in [0.25, 0.3) is 0 Å². The Kier molecular flexibility index (Phi) is 15.8. The van der Waals surface area contributed by atoms with Gasteiger partial charge in [0.2, 0.25) is 11.8 Å². The number of carbonyl (C=O) groups is 4. The number of aliphatic hydroxyl groups excluding tert-OH is 1. The van der Waals surface area contributed by atoms with Crippen molar-refractivity contribution in [1.82, 2.24) is 16.0 Å². The number of allylic oxidation sites excluding steroid dienone is 1. The number of cyclic esters (lactones) is 1. The molecule has 4 N–H and O–H groups in total. The van der Waals surface area contributed by atoms with Crippen molar-refractivity contribution in [3.8, 4) is 5.75 Å². The van der Waals surface area contributed by atoms with Gasteiger partial charge in [-0.1, -0.05) is 84.9 Å². The first-order valence-electron chi connectivity index (χ1n) is 16.7. The Morgan fingerprint density at radius 3 is 2.22 bits per heavy atom. The lowest BCUT2D eigenvalue weighted by Crippen LogP contribution is -2.47. The van der Waals surface area contributed by atoms with Gasteiger partial charge in [-0.15, -0.1) is 0 Å². The van der Waals surface area contributed by atoms with Crippen LogP contribution in [0.5, 0.6) is 5.75 Å². The van der Waals surface area contributed by atoms with E-state index in [1.54, 1.807) is 12.2 Å². The van der Waals surface area contributed by atoms with Gasteiger partial charge < -0.3 is 40.0 Å². The second kappa shape index (κ2) is 21.0. The third-order valence-electron chi connectivity index (χ3n) is 7.78. The maximum atomic E-state index is 13.5. The van der Waals surface area contributed by atoms with Crippen LogP contribution in [0.25, 0.3) is 0 Å². The van der Waals surface area contributed by atoms with Crippen molar-refractivity contribution in [2.75, 3.05) is 33.0 Å². The largest absolute Gasteiger partial charge is 0.489 e. The van der Waals surface area contributed by atoms with Gasteiger partial charge in [-0.05, 0) is 48.1 Å². The van der Waals surface area contributed by atoms with Gasteiger partial charge in [0.15, 0.2) is 0 Å². The van der Waals surface area contributed by atoms with E-state index in [4.69, 9.17) is 24.1 Å². The summed E-state index contributed by atoms with van der Waals surface area (Å²) in [5.74, 6) is -1.38. The van der Waals surface area contributed by atoms with Crippen molar-refractivity contribution >= 4 is 23.9 Å². The molecule has 12 heteroatoms. The van der Waals surface area contributed by atoms with Crippen LogP contribution in [0.4, 0.5) is 4.79 Å². The molecule has 1 aliphatic heterocycles. The number of amides is 3. The molecule has 0 radical (unpaired) electrons. The Hall–Kier alpha value is -5.20. The molecule has 4 rings (SSSR count). The number of alkyl carbamates (subject to hydrolysis) is 1. The van der Waals surface area contributed by atoms with Gasteiger partial charge in [0.05, 0.1) is 31.8 Å². The number of hydrogen-bond acceptors (Lipinski definition) is 9. The highest BCUT2D eigenvalue weighted by atomic mass is 16.6. The molecule has 0 aliphatic carbocycles. The summed E-state index contributed by atoms with van der Waals surface area (Å²) in [6, 6.07) is 24.7. The average molecular weight is 688 g/mol. The Bertz CT molecular complexity index is 1520. The van der Waals surface area contributed by atoms with E-state index in [1.807, 2.05) is 84.9 Å². The maximum Gasteiger partial charge on any atom is 0.408 e. The summed E-state index contributed by atoms with van der Waals surface area (Å²) in [6.45, 7) is 0.806. The molecule has 3 aromatic carbocycles. The summed E-state index contributed by atoms with van der Waals surface area (Å²) < 4.78 is 22.0. The second-order valence-electron chi connectivity index (χ2n) is 11.7. The fourth-order valence-corrected chi connectivity index (χ4v) is 5.12.